The van der Waals surface area contributed by atoms with Crippen LogP contribution in [0.1, 0.15) is 44.6 Å². The molecule has 1 aromatic carbocycles. The highest BCUT2D eigenvalue weighted by molar-refractivity contribution is 6.22. The number of hydrogen-bond acceptors (Lipinski definition) is 0. The first-order chi connectivity index (χ1) is 8.29. The molecule has 0 N–H and O–H groups in total. The largest absolute Gasteiger partial charge is 0.126 e. The summed E-state index contributed by atoms with van der Waals surface area (Å²) in [6.07, 6.45) is 6.14. The molecule has 0 saturated heterocycles. The van der Waals surface area contributed by atoms with E-state index in [4.69, 9.17) is 23.2 Å². The van der Waals surface area contributed by atoms with Crippen LogP contribution in [0.4, 0.5) is 0 Å². The van der Waals surface area contributed by atoms with Crippen molar-refractivity contribution in [1.82, 2.24) is 0 Å². The lowest BCUT2D eigenvalue weighted by atomic mass is 9.79. The monoisotopic (exact) mass is 272 g/mol. The van der Waals surface area contributed by atoms with Crippen molar-refractivity contribution in [2.45, 2.75) is 44.4 Å². The summed E-state index contributed by atoms with van der Waals surface area (Å²) in [4.78, 5) is 0. The number of halogens is 2. The Bertz CT molecular complexity index is 291. The van der Waals surface area contributed by atoms with Crippen LogP contribution < -0.4 is 0 Å². The summed E-state index contributed by atoms with van der Waals surface area (Å²) in [5.41, 5.74) is 1.24. The van der Waals surface area contributed by atoms with Gasteiger partial charge in [-0.15, -0.1) is 23.2 Å². The highest BCUT2D eigenvalue weighted by atomic mass is 35.5. The molecule has 0 aliphatic carbocycles. The number of alkyl halides is 2. The van der Waals surface area contributed by atoms with Crippen molar-refractivity contribution in [2.24, 2.45) is 0 Å². The normalized spacial score (nSPS) is 11.7. The van der Waals surface area contributed by atoms with E-state index in [1.165, 1.54) is 31.2 Å². The Morgan fingerprint density at radius 2 is 1.59 bits per heavy atom. The Kier molecular flexibility index (Phi) is 6.99. The SMILES string of the molecule is CCCCCCC(CCl)(CCl)c1ccccc1. The first-order valence-electron chi connectivity index (χ1n) is 6.46. The van der Waals surface area contributed by atoms with Gasteiger partial charge in [0.05, 0.1) is 0 Å². The van der Waals surface area contributed by atoms with E-state index in [-0.39, 0.29) is 5.41 Å². The van der Waals surface area contributed by atoms with Crippen molar-refractivity contribution in [2.75, 3.05) is 11.8 Å². The molecule has 0 aliphatic heterocycles. The van der Waals surface area contributed by atoms with Crippen molar-refractivity contribution >= 4 is 23.2 Å². The van der Waals surface area contributed by atoms with E-state index < -0.39 is 0 Å². The van der Waals surface area contributed by atoms with Crippen LogP contribution in [0.25, 0.3) is 0 Å². The quantitative estimate of drug-likeness (QED) is 0.441. The lowest BCUT2D eigenvalue weighted by Gasteiger charge is -2.30. The van der Waals surface area contributed by atoms with E-state index >= 15 is 0 Å². The van der Waals surface area contributed by atoms with E-state index in [2.05, 4.69) is 31.2 Å². The van der Waals surface area contributed by atoms with Crippen LogP contribution in [0.5, 0.6) is 0 Å². The maximum Gasteiger partial charge on any atom is 0.0332 e. The zero-order valence-corrected chi connectivity index (χ0v) is 12.1. The van der Waals surface area contributed by atoms with Gasteiger partial charge in [-0.3, -0.25) is 0 Å². The molecule has 0 bridgehead atoms. The molecule has 2 heteroatoms. The molecule has 0 heterocycles. The van der Waals surface area contributed by atoms with Crippen molar-refractivity contribution < 1.29 is 0 Å². The molecule has 0 radical (unpaired) electrons. The summed E-state index contributed by atoms with van der Waals surface area (Å²) in [6, 6.07) is 10.5. The first kappa shape index (κ1) is 14.9. The maximum absolute atomic E-state index is 6.19. The van der Waals surface area contributed by atoms with E-state index in [0.29, 0.717) is 11.8 Å². The van der Waals surface area contributed by atoms with Gasteiger partial charge >= 0.3 is 0 Å². The average molecular weight is 273 g/mol. The molecule has 96 valence electrons. The number of hydrogen-bond donors (Lipinski definition) is 0. The Balaban J connectivity index is 2.68. The molecule has 0 atom stereocenters. The third-order valence-corrected chi connectivity index (χ3v) is 4.43. The summed E-state index contributed by atoms with van der Waals surface area (Å²) < 4.78 is 0. The lowest BCUT2D eigenvalue weighted by molar-refractivity contribution is 0.456. The van der Waals surface area contributed by atoms with Gasteiger partial charge in [0.25, 0.3) is 0 Å². The maximum atomic E-state index is 6.19. The van der Waals surface area contributed by atoms with Crippen LogP contribution in [0.3, 0.4) is 0 Å². The van der Waals surface area contributed by atoms with Crippen LogP contribution in [-0.2, 0) is 5.41 Å². The molecule has 1 rings (SSSR count). The van der Waals surface area contributed by atoms with Crippen LogP contribution in [0.15, 0.2) is 30.3 Å². The fourth-order valence-electron chi connectivity index (χ4n) is 2.15. The summed E-state index contributed by atoms with van der Waals surface area (Å²) in [7, 11) is 0. The number of unbranched alkanes of at least 4 members (excludes halogenated alkanes) is 3. The Labute approximate surface area is 115 Å². The predicted octanol–water partition coefficient (Wildman–Crippen LogP) is 5.37. The summed E-state index contributed by atoms with van der Waals surface area (Å²) in [5, 5.41) is 0. The van der Waals surface area contributed by atoms with Gasteiger partial charge in [-0.2, -0.15) is 0 Å². The van der Waals surface area contributed by atoms with Crippen molar-refractivity contribution in [1.29, 1.82) is 0 Å². The van der Waals surface area contributed by atoms with E-state index in [9.17, 15) is 0 Å². The number of rotatable bonds is 8. The van der Waals surface area contributed by atoms with Crippen LogP contribution in [-0.4, -0.2) is 11.8 Å². The van der Waals surface area contributed by atoms with Gasteiger partial charge in [-0.25, -0.2) is 0 Å². The summed E-state index contributed by atoms with van der Waals surface area (Å²) in [5.74, 6) is 1.21. The Hall–Kier alpha value is -0.200. The third kappa shape index (κ3) is 4.19. The minimum Gasteiger partial charge on any atom is -0.126 e. The second-order valence-electron chi connectivity index (χ2n) is 4.72. The van der Waals surface area contributed by atoms with E-state index in [0.717, 1.165) is 6.42 Å². The van der Waals surface area contributed by atoms with Gasteiger partial charge in [0.15, 0.2) is 0 Å². The number of benzene rings is 1. The highest BCUT2D eigenvalue weighted by Crippen LogP contribution is 2.33. The van der Waals surface area contributed by atoms with Gasteiger partial charge < -0.3 is 0 Å². The Morgan fingerprint density at radius 1 is 0.941 bits per heavy atom. The molecular weight excluding hydrogens is 251 g/mol. The van der Waals surface area contributed by atoms with Crippen molar-refractivity contribution in [3.8, 4) is 0 Å². The van der Waals surface area contributed by atoms with Gasteiger partial charge in [-0.05, 0) is 12.0 Å². The fourth-order valence-corrected chi connectivity index (χ4v) is 3.01. The van der Waals surface area contributed by atoms with Gasteiger partial charge in [-0.1, -0.05) is 62.9 Å². The third-order valence-electron chi connectivity index (χ3n) is 3.41. The van der Waals surface area contributed by atoms with E-state index in [1.807, 2.05) is 6.07 Å². The smallest absolute Gasteiger partial charge is 0.0332 e. The van der Waals surface area contributed by atoms with Crippen molar-refractivity contribution in [3.05, 3.63) is 35.9 Å². The van der Waals surface area contributed by atoms with E-state index in [1.54, 1.807) is 0 Å². The summed E-state index contributed by atoms with van der Waals surface area (Å²) >= 11 is 12.4. The van der Waals surface area contributed by atoms with Gasteiger partial charge in [0, 0.05) is 17.2 Å². The molecule has 0 aromatic heterocycles. The van der Waals surface area contributed by atoms with Crippen LogP contribution in [0.2, 0.25) is 0 Å². The summed E-state index contributed by atoms with van der Waals surface area (Å²) in [6.45, 7) is 2.23. The van der Waals surface area contributed by atoms with Gasteiger partial charge in [0.1, 0.15) is 0 Å². The minimum absolute atomic E-state index is 0.0435. The Morgan fingerprint density at radius 3 is 2.12 bits per heavy atom. The highest BCUT2D eigenvalue weighted by Gasteiger charge is 2.29. The molecule has 0 aliphatic rings. The first-order valence-corrected chi connectivity index (χ1v) is 7.53. The molecule has 0 saturated carbocycles. The van der Waals surface area contributed by atoms with Crippen LogP contribution in [0, 0.1) is 0 Å². The molecule has 0 unspecified atom stereocenters. The molecule has 0 fully saturated rings. The molecular formula is C15H22Cl2. The standard InChI is InChI=1S/C15H22Cl2/c1-2-3-4-8-11-15(12-16,13-17)14-9-6-5-7-10-14/h5-7,9-10H,2-4,8,11-13H2,1H3. The fraction of sp³-hybridized carbons (Fsp3) is 0.600. The average Bonchev–Trinajstić information content (AvgIpc) is 2.41. The molecule has 1 aromatic rings. The van der Waals surface area contributed by atoms with Crippen LogP contribution >= 0.6 is 23.2 Å². The topological polar surface area (TPSA) is 0 Å². The molecule has 0 nitrogen and oxygen atoms in total. The zero-order chi connectivity index (χ0) is 12.6. The predicted molar refractivity (Wildman–Crippen MR) is 78.3 cm³/mol. The molecule has 0 spiro atoms. The van der Waals surface area contributed by atoms with Crippen molar-refractivity contribution in [3.63, 3.8) is 0 Å². The minimum atomic E-state index is -0.0435. The lowest BCUT2D eigenvalue weighted by Crippen LogP contribution is -2.30. The zero-order valence-electron chi connectivity index (χ0n) is 10.6. The second kappa shape index (κ2) is 8.00. The molecule has 17 heavy (non-hydrogen) atoms. The van der Waals surface area contributed by atoms with Gasteiger partial charge in [0.2, 0.25) is 0 Å². The molecule has 0 amide bonds. The second-order valence-corrected chi connectivity index (χ2v) is 5.26.